The first-order valence-electron chi connectivity index (χ1n) is 5.31. The number of rotatable bonds is 2. The van der Waals surface area contributed by atoms with Crippen LogP contribution in [0, 0.1) is 0 Å². The summed E-state index contributed by atoms with van der Waals surface area (Å²) in [5.74, 6) is 0.722. The van der Waals surface area contributed by atoms with Crippen molar-refractivity contribution in [1.82, 2.24) is 15.2 Å². The zero-order chi connectivity index (χ0) is 10.7. The molecular formula is C10H15ClN4. The fraction of sp³-hybridized carbons (Fsp3) is 0.700. The number of hydrogen-bond acceptors (Lipinski definition) is 4. The van der Waals surface area contributed by atoms with Crippen LogP contribution < -0.4 is 5.32 Å². The van der Waals surface area contributed by atoms with Gasteiger partial charge >= 0.3 is 0 Å². The highest BCUT2D eigenvalue weighted by Crippen LogP contribution is 2.30. The van der Waals surface area contributed by atoms with Crippen LogP contribution in [-0.4, -0.2) is 20.7 Å². The summed E-state index contributed by atoms with van der Waals surface area (Å²) in [5.41, 5.74) is 0.137. The van der Waals surface area contributed by atoms with Crippen molar-refractivity contribution >= 4 is 17.4 Å². The van der Waals surface area contributed by atoms with E-state index in [4.69, 9.17) is 11.6 Å². The first kappa shape index (κ1) is 10.6. The van der Waals surface area contributed by atoms with Gasteiger partial charge in [0.15, 0.2) is 0 Å². The van der Waals surface area contributed by atoms with Crippen LogP contribution in [0.2, 0.25) is 5.28 Å². The second kappa shape index (κ2) is 4.31. The number of halogens is 1. The highest BCUT2D eigenvalue weighted by molar-refractivity contribution is 6.28. The maximum absolute atomic E-state index is 5.68. The van der Waals surface area contributed by atoms with Crippen LogP contribution >= 0.6 is 11.6 Å². The summed E-state index contributed by atoms with van der Waals surface area (Å²) in [4.78, 5) is 4.09. The van der Waals surface area contributed by atoms with Crippen LogP contribution in [0.1, 0.15) is 39.0 Å². The summed E-state index contributed by atoms with van der Waals surface area (Å²) >= 11 is 5.68. The molecule has 5 heteroatoms. The number of nitrogens with one attached hydrogen (secondary N) is 1. The molecule has 0 aromatic carbocycles. The van der Waals surface area contributed by atoms with Gasteiger partial charge in [-0.1, -0.05) is 19.3 Å². The molecule has 82 valence electrons. The lowest BCUT2D eigenvalue weighted by atomic mass is 9.83. The molecule has 0 radical (unpaired) electrons. The van der Waals surface area contributed by atoms with E-state index in [0.717, 1.165) is 5.82 Å². The fourth-order valence-electron chi connectivity index (χ4n) is 2.11. The van der Waals surface area contributed by atoms with Crippen LogP contribution in [0.4, 0.5) is 5.82 Å². The molecule has 1 saturated carbocycles. The van der Waals surface area contributed by atoms with E-state index in [1.807, 2.05) is 0 Å². The van der Waals surface area contributed by atoms with Crippen molar-refractivity contribution in [1.29, 1.82) is 0 Å². The van der Waals surface area contributed by atoms with Gasteiger partial charge in [-0.05, 0) is 31.4 Å². The fourth-order valence-corrected chi connectivity index (χ4v) is 2.24. The van der Waals surface area contributed by atoms with E-state index in [1.54, 1.807) is 6.20 Å². The third-order valence-electron chi connectivity index (χ3n) is 2.92. The molecule has 1 aliphatic rings. The molecule has 1 aliphatic carbocycles. The van der Waals surface area contributed by atoms with Crippen molar-refractivity contribution < 1.29 is 0 Å². The van der Waals surface area contributed by atoms with Crippen LogP contribution in [0.5, 0.6) is 0 Å². The van der Waals surface area contributed by atoms with Crippen molar-refractivity contribution in [3.63, 3.8) is 0 Å². The van der Waals surface area contributed by atoms with Crippen molar-refractivity contribution in [3.8, 4) is 0 Å². The molecule has 0 saturated heterocycles. The molecule has 1 heterocycles. The predicted molar refractivity (Wildman–Crippen MR) is 59.9 cm³/mol. The van der Waals surface area contributed by atoms with Crippen LogP contribution in [0.3, 0.4) is 0 Å². The molecular weight excluding hydrogens is 212 g/mol. The SMILES string of the molecule is CC1(Nc2cnnc(Cl)n2)CCCCC1. The Kier molecular flexibility index (Phi) is 3.05. The van der Waals surface area contributed by atoms with E-state index in [2.05, 4.69) is 27.4 Å². The Labute approximate surface area is 94.5 Å². The highest BCUT2D eigenvalue weighted by atomic mass is 35.5. The van der Waals surface area contributed by atoms with E-state index < -0.39 is 0 Å². The summed E-state index contributed by atoms with van der Waals surface area (Å²) in [7, 11) is 0. The van der Waals surface area contributed by atoms with Gasteiger partial charge in [0.2, 0.25) is 5.28 Å². The average Bonchev–Trinajstić information content (AvgIpc) is 2.18. The molecule has 1 N–H and O–H groups in total. The lowest BCUT2D eigenvalue weighted by molar-refractivity contribution is 0.348. The van der Waals surface area contributed by atoms with Crippen LogP contribution in [0.25, 0.3) is 0 Å². The number of aromatic nitrogens is 3. The van der Waals surface area contributed by atoms with Crippen molar-refractivity contribution in [2.45, 2.75) is 44.6 Å². The van der Waals surface area contributed by atoms with Gasteiger partial charge in [-0.3, -0.25) is 0 Å². The lowest BCUT2D eigenvalue weighted by Crippen LogP contribution is -2.37. The Morgan fingerprint density at radius 1 is 1.33 bits per heavy atom. The van der Waals surface area contributed by atoms with Gasteiger partial charge in [-0.15, -0.1) is 5.10 Å². The topological polar surface area (TPSA) is 50.7 Å². The van der Waals surface area contributed by atoms with Gasteiger partial charge in [0.05, 0.1) is 6.20 Å². The summed E-state index contributed by atoms with van der Waals surface area (Å²) in [6.07, 6.45) is 7.85. The monoisotopic (exact) mass is 226 g/mol. The second-order valence-electron chi connectivity index (χ2n) is 4.36. The Balaban J connectivity index is 2.06. The number of hydrogen-bond donors (Lipinski definition) is 1. The van der Waals surface area contributed by atoms with E-state index >= 15 is 0 Å². The zero-order valence-electron chi connectivity index (χ0n) is 8.83. The third-order valence-corrected chi connectivity index (χ3v) is 3.08. The number of nitrogens with zero attached hydrogens (tertiary/aromatic N) is 3. The largest absolute Gasteiger partial charge is 0.363 e. The maximum Gasteiger partial charge on any atom is 0.244 e. The molecule has 0 atom stereocenters. The maximum atomic E-state index is 5.68. The summed E-state index contributed by atoms with van der Waals surface area (Å²) in [6.45, 7) is 2.22. The van der Waals surface area contributed by atoms with Gasteiger partial charge in [0.1, 0.15) is 5.82 Å². The summed E-state index contributed by atoms with van der Waals surface area (Å²) in [5, 5.41) is 11.0. The van der Waals surface area contributed by atoms with E-state index in [-0.39, 0.29) is 10.8 Å². The molecule has 0 aliphatic heterocycles. The Hall–Kier alpha value is -0.900. The molecule has 1 aromatic rings. The third kappa shape index (κ3) is 2.78. The van der Waals surface area contributed by atoms with Gasteiger partial charge in [-0.25, -0.2) is 0 Å². The molecule has 1 fully saturated rings. The minimum Gasteiger partial charge on any atom is -0.363 e. The van der Waals surface area contributed by atoms with Gasteiger partial charge in [0.25, 0.3) is 0 Å². The highest BCUT2D eigenvalue weighted by Gasteiger charge is 2.26. The second-order valence-corrected chi connectivity index (χ2v) is 4.70. The zero-order valence-corrected chi connectivity index (χ0v) is 9.59. The van der Waals surface area contributed by atoms with E-state index in [1.165, 1.54) is 32.1 Å². The van der Waals surface area contributed by atoms with E-state index in [9.17, 15) is 0 Å². The molecule has 0 bridgehead atoms. The first-order valence-corrected chi connectivity index (χ1v) is 5.69. The lowest BCUT2D eigenvalue weighted by Gasteiger charge is -2.34. The molecule has 0 amide bonds. The van der Waals surface area contributed by atoms with E-state index in [0.29, 0.717) is 0 Å². The van der Waals surface area contributed by atoms with Crippen LogP contribution in [0.15, 0.2) is 6.20 Å². The minimum absolute atomic E-state index is 0.137. The average molecular weight is 227 g/mol. The molecule has 0 spiro atoms. The molecule has 15 heavy (non-hydrogen) atoms. The summed E-state index contributed by atoms with van der Waals surface area (Å²) < 4.78 is 0. The number of anilines is 1. The normalized spacial score (nSPS) is 19.9. The Morgan fingerprint density at radius 2 is 2.07 bits per heavy atom. The van der Waals surface area contributed by atoms with Gasteiger partial charge < -0.3 is 5.32 Å². The Morgan fingerprint density at radius 3 is 2.73 bits per heavy atom. The molecule has 4 nitrogen and oxygen atoms in total. The Bertz CT molecular complexity index is 336. The van der Waals surface area contributed by atoms with Crippen molar-refractivity contribution in [3.05, 3.63) is 11.5 Å². The molecule has 0 unspecified atom stereocenters. The van der Waals surface area contributed by atoms with Gasteiger partial charge in [-0.2, -0.15) is 10.1 Å². The minimum atomic E-state index is 0.137. The van der Waals surface area contributed by atoms with Crippen LogP contribution in [-0.2, 0) is 0 Å². The van der Waals surface area contributed by atoms with Gasteiger partial charge in [0, 0.05) is 5.54 Å². The molecule has 2 rings (SSSR count). The first-order chi connectivity index (χ1) is 7.18. The molecule has 1 aromatic heterocycles. The van der Waals surface area contributed by atoms with Crippen molar-refractivity contribution in [2.75, 3.05) is 5.32 Å². The predicted octanol–water partition coefficient (Wildman–Crippen LogP) is 2.66. The smallest absolute Gasteiger partial charge is 0.244 e. The van der Waals surface area contributed by atoms with Crippen molar-refractivity contribution in [2.24, 2.45) is 0 Å². The quantitative estimate of drug-likeness (QED) is 0.843. The summed E-state index contributed by atoms with van der Waals surface area (Å²) in [6, 6.07) is 0. The standard InChI is InChI=1S/C10H15ClN4/c1-10(5-3-2-4-6-10)14-8-7-12-15-9(11)13-8/h7H,2-6H2,1H3,(H,13,14,15).